The summed E-state index contributed by atoms with van der Waals surface area (Å²) in [6, 6.07) is 11.0. The number of fused-ring (bicyclic) bond motifs is 2. The first kappa shape index (κ1) is 30.5. The van der Waals surface area contributed by atoms with E-state index in [4.69, 9.17) is 0 Å². The van der Waals surface area contributed by atoms with Crippen LogP contribution in [0.25, 0.3) is 55.6 Å². The van der Waals surface area contributed by atoms with Gasteiger partial charge < -0.3 is 20.5 Å². The molecule has 1 amide bonds. The van der Waals surface area contributed by atoms with Crippen LogP contribution in [0.2, 0.25) is 0 Å². The maximum absolute atomic E-state index is 14.7. The average molecular weight is 632 g/mol. The normalized spacial score (nSPS) is 13.9. The molecule has 0 aliphatic heterocycles. The first-order valence-corrected chi connectivity index (χ1v) is 16.2. The second-order valence-corrected chi connectivity index (χ2v) is 12.7. The minimum atomic E-state index is -0.317. The van der Waals surface area contributed by atoms with Crippen molar-refractivity contribution in [2.75, 3.05) is 37.8 Å². The van der Waals surface area contributed by atoms with Crippen LogP contribution in [-0.2, 0) is 4.79 Å². The van der Waals surface area contributed by atoms with Crippen molar-refractivity contribution < 1.29 is 9.18 Å². The number of halogens is 1. The number of anilines is 2. The number of carbonyl (C=O) groups is 1. The summed E-state index contributed by atoms with van der Waals surface area (Å²) in [5, 5.41) is 15.7. The number of aromatic amines is 2. The van der Waals surface area contributed by atoms with Crippen molar-refractivity contribution in [2.24, 2.45) is 5.92 Å². The van der Waals surface area contributed by atoms with Gasteiger partial charge in [-0.1, -0.05) is 19.3 Å². The Morgan fingerprint density at radius 2 is 1.70 bits per heavy atom. The first-order valence-electron chi connectivity index (χ1n) is 16.2. The van der Waals surface area contributed by atoms with Crippen LogP contribution in [0.15, 0.2) is 67.4 Å². The molecule has 7 rings (SSSR count). The van der Waals surface area contributed by atoms with E-state index in [9.17, 15) is 9.18 Å². The van der Waals surface area contributed by atoms with Gasteiger partial charge in [-0.05, 0) is 74.8 Å². The summed E-state index contributed by atoms with van der Waals surface area (Å²) in [7, 11) is 4.01. The summed E-state index contributed by atoms with van der Waals surface area (Å²) < 4.78 is 14.7. The number of aromatic nitrogens is 6. The quantitative estimate of drug-likeness (QED) is 0.125. The molecule has 47 heavy (non-hydrogen) atoms. The predicted molar refractivity (Wildman–Crippen MR) is 184 cm³/mol. The Balaban J connectivity index is 1.16. The third kappa shape index (κ3) is 6.85. The number of hydrogen-bond acceptors (Lipinski definition) is 7. The number of nitrogens with zero attached hydrogens (tertiary/aromatic N) is 5. The predicted octanol–water partition coefficient (Wildman–Crippen LogP) is 7.25. The lowest BCUT2D eigenvalue weighted by molar-refractivity contribution is -0.117. The first-order chi connectivity index (χ1) is 22.9. The van der Waals surface area contributed by atoms with E-state index in [1.807, 2.05) is 38.4 Å². The molecule has 240 valence electrons. The second-order valence-electron chi connectivity index (χ2n) is 12.7. The van der Waals surface area contributed by atoms with Crippen LogP contribution < -0.4 is 10.6 Å². The van der Waals surface area contributed by atoms with Crippen LogP contribution in [0, 0.1) is 11.7 Å². The van der Waals surface area contributed by atoms with E-state index < -0.39 is 0 Å². The molecule has 1 fully saturated rings. The number of amides is 1. The average Bonchev–Trinajstić information content (AvgIpc) is 3.69. The molecule has 0 radical (unpaired) electrons. The van der Waals surface area contributed by atoms with Gasteiger partial charge in [0.15, 0.2) is 5.65 Å². The fourth-order valence-electron chi connectivity index (χ4n) is 6.48. The molecule has 10 nitrogen and oxygen atoms in total. The number of benzene rings is 1. The van der Waals surface area contributed by atoms with Gasteiger partial charge in [0.1, 0.15) is 5.82 Å². The third-order valence-electron chi connectivity index (χ3n) is 8.88. The Bertz CT molecular complexity index is 2040. The van der Waals surface area contributed by atoms with Gasteiger partial charge in [0.2, 0.25) is 5.91 Å². The highest BCUT2D eigenvalue weighted by molar-refractivity contribution is 6.01. The largest absolute Gasteiger partial charge is 0.384 e. The fourth-order valence-corrected chi connectivity index (χ4v) is 6.48. The van der Waals surface area contributed by atoms with Crippen LogP contribution in [0.1, 0.15) is 38.5 Å². The monoisotopic (exact) mass is 631 g/mol. The van der Waals surface area contributed by atoms with Gasteiger partial charge in [0.05, 0.1) is 35.0 Å². The molecular formula is C36H38FN9O. The maximum atomic E-state index is 14.7. The van der Waals surface area contributed by atoms with Gasteiger partial charge in [-0.3, -0.25) is 19.9 Å². The zero-order chi connectivity index (χ0) is 32.3. The summed E-state index contributed by atoms with van der Waals surface area (Å²) in [6.07, 6.45) is 15.2. The molecule has 5 heterocycles. The summed E-state index contributed by atoms with van der Waals surface area (Å²) in [6.45, 7) is 1.53. The molecule has 0 atom stereocenters. The van der Waals surface area contributed by atoms with Crippen molar-refractivity contribution in [3.63, 3.8) is 0 Å². The highest BCUT2D eigenvalue weighted by Crippen LogP contribution is 2.35. The molecule has 6 aromatic rings. The Kier molecular flexibility index (Phi) is 8.62. The van der Waals surface area contributed by atoms with Gasteiger partial charge in [0, 0.05) is 71.3 Å². The van der Waals surface area contributed by atoms with Crippen molar-refractivity contribution in [2.45, 2.75) is 38.5 Å². The van der Waals surface area contributed by atoms with Gasteiger partial charge in [0.25, 0.3) is 0 Å². The lowest BCUT2D eigenvalue weighted by atomic mass is 9.87. The molecule has 0 spiro atoms. The molecule has 1 aliphatic rings. The van der Waals surface area contributed by atoms with Gasteiger partial charge in [-0.2, -0.15) is 5.10 Å². The molecular weight excluding hydrogens is 593 g/mol. The number of hydrogen-bond donors (Lipinski definition) is 4. The van der Waals surface area contributed by atoms with E-state index in [1.165, 1.54) is 31.4 Å². The Hall–Kier alpha value is -5.16. The van der Waals surface area contributed by atoms with Gasteiger partial charge in [-0.15, -0.1) is 0 Å². The van der Waals surface area contributed by atoms with Crippen LogP contribution in [0.3, 0.4) is 0 Å². The number of pyridine rings is 3. The molecule has 1 aromatic carbocycles. The zero-order valence-electron chi connectivity index (χ0n) is 26.6. The van der Waals surface area contributed by atoms with Crippen LogP contribution in [0.4, 0.5) is 15.8 Å². The summed E-state index contributed by atoms with van der Waals surface area (Å²) >= 11 is 0. The summed E-state index contributed by atoms with van der Waals surface area (Å²) in [5.41, 5.74) is 7.59. The standard InChI is InChI=1S/C36H38FN9O/c1-46(2)9-8-40-27-12-23(11-26(37)15-27)31-20-39-21-33-29(31)16-32(43-33)35-30-14-25(18-41-36(30)45-44-35)24-13-28(19-38-17-24)42-34(47)10-22-6-4-3-5-7-22/h11-22,40,43H,3-10H2,1-2H3,(H,42,47)(H,41,44,45). The van der Waals surface area contributed by atoms with Crippen molar-refractivity contribution in [1.82, 2.24) is 35.0 Å². The van der Waals surface area contributed by atoms with Crippen LogP contribution >= 0.6 is 0 Å². The number of H-pyrrole nitrogens is 2. The number of likely N-dealkylation sites (N-methyl/N-ethyl adjacent to an activating group) is 1. The Morgan fingerprint density at radius 3 is 2.55 bits per heavy atom. The highest BCUT2D eigenvalue weighted by atomic mass is 19.1. The van der Waals surface area contributed by atoms with E-state index in [0.717, 1.165) is 75.0 Å². The number of rotatable bonds is 10. The maximum Gasteiger partial charge on any atom is 0.224 e. The van der Waals surface area contributed by atoms with E-state index in [2.05, 4.69) is 45.7 Å². The Labute approximate surface area is 272 Å². The third-order valence-corrected chi connectivity index (χ3v) is 8.88. The number of carbonyl (C=O) groups excluding carboxylic acids is 1. The van der Waals surface area contributed by atoms with E-state index in [1.54, 1.807) is 31.0 Å². The molecule has 0 bridgehead atoms. The Morgan fingerprint density at radius 1 is 0.894 bits per heavy atom. The second kappa shape index (κ2) is 13.3. The van der Waals surface area contributed by atoms with Crippen molar-refractivity contribution >= 4 is 39.2 Å². The topological polar surface area (TPSA) is 128 Å². The van der Waals surface area contributed by atoms with E-state index in [-0.39, 0.29) is 11.7 Å². The molecule has 1 saturated carbocycles. The van der Waals surface area contributed by atoms with E-state index >= 15 is 0 Å². The van der Waals surface area contributed by atoms with Crippen LogP contribution in [-0.4, -0.2) is 68.1 Å². The molecule has 11 heteroatoms. The molecule has 4 N–H and O–H groups in total. The summed E-state index contributed by atoms with van der Waals surface area (Å²) in [4.78, 5) is 31.8. The molecule has 1 aliphatic carbocycles. The highest BCUT2D eigenvalue weighted by Gasteiger charge is 2.18. The lowest BCUT2D eigenvalue weighted by Gasteiger charge is -2.20. The fraction of sp³-hybridized carbons (Fsp3) is 0.306. The zero-order valence-corrected chi connectivity index (χ0v) is 26.6. The van der Waals surface area contributed by atoms with Crippen molar-refractivity contribution in [3.05, 3.63) is 73.2 Å². The molecule has 0 saturated heterocycles. The minimum Gasteiger partial charge on any atom is -0.384 e. The van der Waals surface area contributed by atoms with Crippen molar-refractivity contribution in [3.8, 4) is 33.6 Å². The SMILES string of the molecule is CN(C)CCNc1cc(F)cc(-c2cncc3[nH]c(-c4[nH]nc5ncc(-c6cncc(NC(=O)CC7CCCCC7)c6)cc45)cc23)c1. The van der Waals surface area contributed by atoms with Gasteiger partial charge >= 0.3 is 0 Å². The van der Waals surface area contributed by atoms with E-state index in [0.29, 0.717) is 30.2 Å². The molecule has 5 aromatic heterocycles. The molecule has 0 unspecified atom stereocenters. The lowest BCUT2D eigenvalue weighted by Crippen LogP contribution is -2.20. The van der Waals surface area contributed by atoms with Crippen LogP contribution in [0.5, 0.6) is 0 Å². The number of nitrogens with one attached hydrogen (secondary N) is 4. The minimum absolute atomic E-state index is 0.0317. The summed E-state index contributed by atoms with van der Waals surface area (Å²) in [5.74, 6) is 0.177. The smallest absolute Gasteiger partial charge is 0.224 e. The van der Waals surface area contributed by atoms with Gasteiger partial charge in [-0.25, -0.2) is 9.37 Å². The van der Waals surface area contributed by atoms with Crippen molar-refractivity contribution in [1.29, 1.82) is 0 Å².